The van der Waals surface area contributed by atoms with Gasteiger partial charge in [-0.3, -0.25) is 0 Å². The number of rotatable bonds is 4. The van der Waals surface area contributed by atoms with E-state index in [9.17, 15) is 0 Å². The van der Waals surface area contributed by atoms with Crippen LogP contribution in [-0.4, -0.2) is 4.57 Å². The van der Waals surface area contributed by atoms with Crippen molar-refractivity contribution >= 4 is 10.9 Å². The molecule has 0 N–H and O–H groups in total. The predicted molar refractivity (Wildman–Crippen MR) is 70.7 cm³/mol. The van der Waals surface area contributed by atoms with Crippen LogP contribution in [0.4, 0.5) is 0 Å². The molecule has 0 radical (unpaired) electrons. The fourth-order valence-electron chi connectivity index (χ4n) is 2.11. The molecule has 1 aromatic carbocycles. The quantitative estimate of drug-likeness (QED) is 0.672. The van der Waals surface area contributed by atoms with Gasteiger partial charge in [0.05, 0.1) is 5.52 Å². The average Bonchev–Trinajstić information content (AvgIpc) is 2.72. The van der Waals surface area contributed by atoms with Gasteiger partial charge in [-0.15, -0.1) is 0 Å². The Morgan fingerprint density at radius 2 is 2.06 bits per heavy atom. The number of aryl methyl sites for hydroxylation is 1. The Balaban J connectivity index is 2.49. The van der Waals surface area contributed by atoms with E-state index < -0.39 is 0 Å². The van der Waals surface area contributed by atoms with E-state index in [0.29, 0.717) is 0 Å². The fraction of sp³-hybridized carbons (Fsp3) is 0.333. The van der Waals surface area contributed by atoms with Gasteiger partial charge in [0.25, 0.3) is 0 Å². The molecule has 1 aromatic heterocycles. The van der Waals surface area contributed by atoms with Gasteiger partial charge in [0, 0.05) is 12.7 Å². The second-order valence-electron chi connectivity index (χ2n) is 4.26. The standard InChI is InChI=1S/C15H19N/c1-4-12(3)11-16-10-9-14-8-6-7-13(5-2)15(14)16/h6-10H,3-5,11H2,1-2H3. The maximum absolute atomic E-state index is 4.09. The average molecular weight is 213 g/mol. The van der Waals surface area contributed by atoms with E-state index in [1.165, 1.54) is 22.0 Å². The van der Waals surface area contributed by atoms with Gasteiger partial charge < -0.3 is 4.57 Å². The first-order valence-electron chi connectivity index (χ1n) is 5.99. The van der Waals surface area contributed by atoms with Crippen LogP contribution in [0.25, 0.3) is 10.9 Å². The summed E-state index contributed by atoms with van der Waals surface area (Å²) in [6.45, 7) is 9.40. The molecule has 84 valence electrons. The van der Waals surface area contributed by atoms with Crippen molar-refractivity contribution in [2.45, 2.75) is 33.2 Å². The van der Waals surface area contributed by atoms with Crippen molar-refractivity contribution in [1.29, 1.82) is 0 Å². The minimum atomic E-state index is 0.941. The number of allylic oxidation sites excluding steroid dienone is 1. The summed E-state index contributed by atoms with van der Waals surface area (Å²) in [5, 5.41) is 1.34. The van der Waals surface area contributed by atoms with E-state index in [0.717, 1.165) is 19.4 Å². The van der Waals surface area contributed by atoms with Crippen LogP contribution in [-0.2, 0) is 13.0 Å². The summed E-state index contributed by atoms with van der Waals surface area (Å²) in [6, 6.07) is 8.73. The zero-order chi connectivity index (χ0) is 11.5. The van der Waals surface area contributed by atoms with Crippen LogP contribution in [0, 0.1) is 0 Å². The van der Waals surface area contributed by atoms with Crippen LogP contribution >= 0.6 is 0 Å². The van der Waals surface area contributed by atoms with Crippen molar-refractivity contribution in [2.24, 2.45) is 0 Å². The first-order valence-corrected chi connectivity index (χ1v) is 5.99. The zero-order valence-electron chi connectivity index (χ0n) is 10.2. The van der Waals surface area contributed by atoms with Gasteiger partial charge in [0.2, 0.25) is 0 Å². The smallest absolute Gasteiger partial charge is 0.0515 e. The van der Waals surface area contributed by atoms with Gasteiger partial charge in [-0.05, 0) is 29.9 Å². The second-order valence-corrected chi connectivity index (χ2v) is 4.26. The lowest BCUT2D eigenvalue weighted by molar-refractivity contribution is 0.787. The highest BCUT2D eigenvalue weighted by molar-refractivity contribution is 5.83. The van der Waals surface area contributed by atoms with E-state index in [-0.39, 0.29) is 0 Å². The van der Waals surface area contributed by atoms with Crippen molar-refractivity contribution in [3.63, 3.8) is 0 Å². The topological polar surface area (TPSA) is 4.93 Å². The maximum atomic E-state index is 4.09. The second kappa shape index (κ2) is 4.56. The van der Waals surface area contributed by atoms with Gasteiger partial charge in [-0.1, -0.05) is 44.2 Å². The molecule has 0 atom stereocenters. The molecule has 0 spiro atoms. The third kappa shape index (κ3) is 1.90. The summed E-state index contributed by atoms with van der Waals surface area (Å²) in [7, 11) is 0. The first kappa shape index (κ1) is 11.0. The van der Waals surface area contributed by atoms with E-state index in [1.807, 2.05) is 0 Å². The first-order chi connectivity index (χ1) is 7.76. The molecule has 0 bridgehead atoms. The van der Waals surface area contributed by atoms with E-state index in [1.54, 1.807) is 0 Å². The van der Waals surface area contributed by atoms with Crippen LogP contribution in [0.1, 0.15) is 25.8 Å². The molecule has 0 unspecified atom stereocenters. The largest absolute Gasteiger partial charge is 0.343 e. The third-order valence-electron chi connectivity index (χ3n) is 3.15. The summed E-state index contributed by atoms with van der Waals surface area (Å²) in [6.07, 6.45) is 4.30. The number of hydrogen-bond donors (Lipinski definition) is 0. The molecule has 1 heteroatoms. The number of hydrogen-bond acceptors (Lipinski definition) is 0. The lowest BCUT2D eigenvalue weighted by Gasteiger charge is -2.09. The van der Waals surface area contributed by atoms with E-state index >= 15 is 0 Å². The Morgan fingerprint density at radius 3 is 2.75 bits per heavy atom. The lowest BCUT2D eigenvalue weighted by atomic mass is 10.1. The van der Waals surface area contributed by atoms with Crippen molar-refractivity contribution in [3.8, 4) is 0 Å². The van der Waals surface area contributed by atoms with Crippen LogP contribution in [0.15, 0.2) is 42.6 Å². The molecule has 0 saturated heterocycles. The Bertz CT molecular complexity index is 505. The molecule has 2 aromatic rings. The maximum Gasteiger partial charge on any atom is 0.0515 e. The van der Waals surface area contributed by atoms with Crippen LogP contribution in [0.5, 0.6) is 0 Å². The van der Waals surface area contributed by atoms with Gasteiger partial charge >= 0.3 is 0 Å². The van der Waals surface area contributed by atoms with Gasteiger partial charge in [0.1, 0.15) is 0 Å². The minimum absolute atomic E-state index is 0.941. The van der Waals surface area contributed by atoms with Crippen LogP contribution in [0.2, 0.25) is 0 Å². The monoisotopic (exact) mass is 213 g/mol. The molecule has 1 heterocycles. The van der Waals surface area contributed by atoms with Crippen LogP contribution in [0.3, 0.4) is 0 Å². The normalized spacial score (nSPS) is 10.9. The number of fused-ring (bicyclic) bond motifs is 1. The SMILES string of the molecule is C=C(CC)Cn1ccc2cccc(CC)c21. The predicted octanol–water partition coefficient (Wildman–Crippen LogP) is 4.17. The van der Waals surface area contributed by atoms with Crippen molar-refractivity contribution < 1.29 is 0 Å². The molecule has 0 aliphatic carbocycles. The number of benzene rings is 1. The van der Waals surface area contributed by atoms with Gasteiger partial charge in [-0.2, -0.15) is 0 Å². The highest BCUT2D eigenvalue weighted by Crippen LogP contribution is 2.21. The lowest BCUT2D eigenvalue weighted by Crippen LogP contribution is -2.00. The summed E-state index contributed by atoms with van der Waals surface area (Å²) in [5.74, 6) is 0. The molecule has 0 aliphatic rings. The zero-order valence-corrected chi connectivity index (χ0v) is 10.2. The fourth-order valence-corrected chi connectivity index (χ4v) is 2.11. The Hall–Kier alpha value is -1.50. The number of aromatic nitrogens is 1. The molecule has 0 aliphatic heterocycles. The third-order valence-corrected chi connectivity index (χ3v) is 3.15. The molecule has 16 heavy (non-hydrogen) atoms. The highest BCUT2D eigenvalue weighted by atomic mass is 15.0. The molecule has 1 nitrogen and oxygen atoms in total. The minimum Gasteiger partial charge on any atom is -0.343 e. The van der Waals surface area contributed by atoms with Crippen molar-refractivity contribution in [2.75, 3.05) is 0 Å². The highest BCUT2D eigenvalue weighted by Gasteiger charge is 2.05. The molecular formula is C15H19N. The van der Waals surface area contributed by atoms with Crippen molar-refractivity contribution in [1.82, 2.24) is 4.57 Å². The van der Waals surface area contributed by atoms with Crippen LogP contribution < -0.4 is 0 Å². The molecule has 0 fully saturated rings. The van der Waals surface area contributed by atoms with Gasteiger partial charge in [0.15, 0.2) is 0 Å². The number of nitrogens with zero attached hydrogens (tertiary/aromatic N) is 1. The number of para-hydroxylation sites is 1. The molecule has 0 saturated carbocycles. The van der Waals surface area contributed by atoms with Crippen molar-refractivity contribution in [3.05, 3.63) is 48.2 Å². The Labute approximate surface area is 97.4 Å². The molecule has 0 amide bonds. The summed E-state index contributed by atoms with van der Waals surface area (Å²) in [5.41, 5.74) is 4.08. The summed E-state index contributed by atoms with van der Waals surface area (Å²) in [4.78, 5) is 0. The molecule has 2 rings (SSSR count). The molecular weight excluding hydrogens is 194 g/mol. The van der Waals surface area contributed by atoms with E-state index in [4.69, 9.17) is 0 Å². The summed E-state index contributed by atoms with van der Waals surface area (Å²) < 4.78 is 2.32. The van der Waals surface area contributed by atoms with Gasteiger partial charge in [-0.25, -0.2) is 0 Å². The van der Waals surface area contributed by atoms with E-state index in [2.05, 4.69) is 55.5 Å². The Morgan fingerprint density at radius 1 is 1.25 bits per heavy atom. The Kier molecular flexibility index (Phi) is 3.14. The summed E-state index contributed by atoms with van der Waals surface area (Å²) >= 11 is 0.